The molecule has 2 rings (SSSR count). The van der Waals surface area contributed by atoms with Gasteiger partial charge in [0.15, 0.2) is 0 Å². The fourth-order valence-electron chi connectivity index (χ4n) is 1.23. The van der Waals surface area contributed by atoms with E-state index in [-0.39, 0.29) is 0 Å². The first-order valence-corrected chi connectivity index (χ1v) is 6.86. The molecule has 2 aromatic rings. The maximum absolute atomic E-state index is 5.72. The number of ether oxygens (including phenoxy) is 1. The van der Waals surface area contributed by atoms with Gasteiger partial charge in [-0.15, -0.1) is 0 Å². The Morgan fingerprint density at radius 3 is 2.60 bits per heavy atom. The van der Waals surface area contributed by atoms with Crippen LogP contribution in [0.3, 0.4) is 0 Å². The molecule has 0 amide bonds. The maximum atomic E-state index is 5.72. The van der Waals surface area contributed by atoms with Crippen LogP contribution in [0, 0.1) is 0 Å². The summed E-state index contributed by atoms with van der Waals surface area (Å²) in [5, 5.41) is 0. The summed E-state index contributed by atoms with van der Waals surface area (Å²) in [6, 6.07) is 7.97. The number of rotatable bonds is 3. The standard InChI is InChI=1S/C11H10ClNOSe/c1-14-10-4-2-8(3-5-10)11-13-9(6-12)7-15-11/h2-5,7H,6H2,1H3. The summed E-state index contributed by atoms with van der Waals surface area (Å²) in [6.07, 6.45) is 0. The number of methoxy groups -OCH3 is 1. The Balaban J connectivity index is 2.28. The Hall–Kier alpha value is -0.761. The zero-order valence-electron chi connectivity index (χ0n) is 8.24. The van der Waals surface area contributed by atoms with Gasteiger partial charge in [0, 0.05) is 0 Å². The monoisotopic (exact) mass is 287 g/mol. The van der Waals surface area contributed by atoms with E-state index >= 15 is 0 Å². The summed E-state index contributed by atoms with van der Waals surface area (Å²) in [5.74, 6) is 1.37. The molecule has 0 atom stereocenters. The molecule has 0 bridgehead atoms. The quantitative estimate of drug-likeness (QED) is 0.639. The van der Waals surface area contributed by atoms with Gasteiger partial charge in [-0.1, -0.05) is 0 Å². The third kappa shape index (κ3) is 2.43. The number of halogens is 1. The molecular formula is C11H10ClNOSe. The molecule has 4 heteroatoms. The second-order valence-corrected chi connectivity index (χ2v) is 5.07. The molecule has 0 aliphatic carbocycles. The van der Waals surface area contributed by atoms with Crippen molar-refractivity contribution in [2.75, 3.05) is 7.11 Å². The van der Waals surface area contributed by atoms with E-state index in [1.54, 1.807) is 7.11 Å². The average molecular weight is 287 g/mol. The minimum atomic E-state index is 0.318. The molecule has 0 spiro atoms. The van der Waals surface area contributed by atoms with Gasteiger partial charge in [0.05, 0.1) is 0 Å². The van der Waals surface area contributed by atoms with Gasteiger partial charge in [-0.3, -0.25) is 0 Å². The first-order chi connectivity index (χ1) is 7.33. The van der Waals surface area contributed by atoms with Crippen LogP contribution in [0.25, 0.3) is 10.1 Å². The fraction of sp³-hybridized carbons (Fsp3) is 0.182. The SMILES string of the molecule is COc1ccc(-c2nc(CCl)c[se]2)cc1. The van der Waals surface area contributed by atoms with Gasteiger partial charge in [0.2, 0.25) is 0 Å². The van der Waals surface area contributed by atoms with Crippen LogP contribution >= 0.6 is 11.6 Å². The molecule has 0 aliphatic rings. The van der Waals surface area contributed by atoms with Gasteiger partial charge in [-0.2, -0.15) is 0 Å². The zero-order chi connectivity index (χ0) is 10.7. The summed E-state index contributed by atoms with van der Waals surface area (Å²) in [7, 11) is 1.67. The molecule has 1 heterocycles. The topological polar surface area (TPSA) is 22.1 Å². The van der Waals surface area contributed by atoms with E-state index in [4.69, 9.17) is 16.3 Å². The molecule has 1 aromatic heterocycles. The van der Waals surface area contributed by atoms with Crippen molar-refractivity contribution in [3.8, 4) is 15.9 Å². The van der Waals surface area contributed by atoms with E-state index in [0.29, 0.717) is 20.4 Å². The molecule has 0 saturated heterocycles. The average Bonchev–Trinajstić information content (AvgIpc) is 2.78. The summed E-state index contributed by atoms with van der Waals surface area (Å²) in [5.41, 5.74) is 2.15. The van der Waals surface area contributed by atoms with E-state index in [1.165, 1.54) is 0 Å². The van der Waals surface area contributed by atoms with Crippen LogP contribution in [0.15, 0.2) is 29.2 Å². The van der Waals surface area contributed by atoms with Crippen molar-refractivity contribution in [3.63, 3.8) is 0 Å². The number of benzene rings is 1. The molecule has 2 nitrogen and oxygen atoms in total. The molecule has 0 aliphatic heterocycles. The molecule has 0 radical (unpaired) electrons. The summed E-state index contributed by atoms with van der Waals surface area (Å²) in [6.45, 7) is 0. The molecule has 0 fully saturated rings. The third-order valence-corrected chi connectivity index (χ3v) is 4.27. The number of alkyl halides is 1. The van der Waals surface area contributed by atoms with Crippen molar-refractivity contribution in [3.05, 3.63) is 34.9 Å². The molecule has 0 saturated carbocycles. The Labute approximate surface area is 99.6 Å². The second kappa shape index (κ2) is 4.84. The van der Waals surface area contributed by atoms with Gasteiger partial charge in [0.25, 0.3) is 0 Å². The van der Waals surface area contributed by atoms with Crippen LogP contribution in [0.5, 0.6) is 5.75 Å². The number of hydrogen-bond donors (Lipinski definition) is 0. The van der Waals surface area contributed by atoms with Crippen molar-refractivity contribution < 1.29 is 4.74 Å². The van der Waals surface area contributed by atoms with Gasteiger partial charge >= 0.3 is 99.6 Å². The minimum absolute atomic E-state index is 0.318. The number of nitrogens with zero attached hydrogens (tertiary/aromatic N) is 1. The zero-order valence-corrected chi connectivity index (χ0v) is 10.7. The van der Waals surface area contributed by atoms with Crippen LogP contribution in [0.4, 0.5) is 0 Å². The summed E-state index contributed by atoms with van der Waals surface area (Å²) in [4.78, 5) is 6.59. The summed E-state index contributed by atoms with van der Waals surface area (Å²) < 4.78 is 6.24. The normalized spacial score (nSPS) is 10.3. The van der Waals surface area contributed by atoms with Gasteiger partial charge in [-0.05, 0) is 0 Å². The van der Waals surface area contributed by atoms with Crippen LogP contribution in [0.1, 0.15) is 5.69 Å². The third-order valence-electron chi connectivity index (χ3n) is 2.03. The number of aromatic nitrogens is 1. The second-order valence-electron chi connectivity index (χ2n) is 3.01. The summed E-state index contributed by atoms with van der Waals surface area (Å²) >= 11 is 6.04. The van der Waals surface area contributed by atoms with E-state index in [9.17, 15) is 0 Å². The van der Waals surface area contributed by atoms with Gasteiger partial charge < -0.3 is 0 Å². The Morgan fingerprint density at radius 2 is 2.07 bits per heavy atom. The number of hydrogen-bond acceptors (Lipinski definition) is 2. The van der Waals surface area contributed by atoms with E-state index in [1.807, 2.05) is 24.3 Å². The molecule has 0 unspecified atom stereocenters. The predicted octanol–water partition coefficient (Wildman–Crippen LogP) is 2.55. The van der Waals surface area contributed by atoms with E-state index in [2.05, 4.69) is 9.92 Å². The van der Waals surface area contributed by atoms with Crippen molar-refractivity contribution in [2.45, 2.75) is 5.88 Å². The van der Waals surface area contributed by atoms with E-state index in [0.717, 1.165) is 21.6 Å². The van der Waals surface area contributed by atoms with Crippen LogP contribution in [-0.2, 0) is 5.88 Å². The molecule has 15 heavy (non-hydrogen) atoms. The molecule has 0 N–H and O–H groups in total. The molecule has 1 aromatic carbocycles. The van der Waals surface area contributed by atoms with E-state index < -0.39 is 0 Å². The Kier molecular flexibility index (Phi) is 3.47. The van der Waals surface area contributed by atoms with Crippen LogP contribution in [0.2, 0.25) is 0 Å². The van der Waals surface area contributed by atoms with Gasteiger partial charge in [0.1, 0.15) is 0 Å². The first kappa shape index (κ1) is 10.7. The van der Waals surface area contributed by atoms with Crippen molar-refractivity contribution in [1.82, 2.24) is 4.98 Å². The fourth-order valence-corrected chi connectivity index (χ4v) is 3.31. The first-order valence-electron chi connectivity index (χ1n) is 4.48. The van der Waals surface area contributed by atoms with Crippen molar-refractivity contribution in [1.29, 1.82) is 0 Å². The van der Waals surface area contributed by atoms with Crippen LogP contribution in [-0.4, -0.2) is 26.6 Å². The van der Waals surface area contributed by atoms with Crippen molar-refractivity contribution >= 4 is 26.1 Å². The Bertz CT molecular complexity index is 438. The molecule has 78 valence electrons. The van der Waals surface area contributed by atoms with Gasteiger partial charge in [-0.25, -0.2) is 0 Å². The Morgan fingerprint density at radius 1 is 1.33 bits per heavy atom. The van der Waals surface area contributed by atoms with Crippen molar-refractivity contribution in [2.24, 2.45) is 0 Å². The predicted molar refractivity (Wildman–Crippen MR) is 62.7 cm³/mol. The molecular weight excluding hydrogens is 277 g/mol. The van der Waals surface area contributed by atoms with Crippen LogP contribution < -0.4 is 4.74 Å².